The first kappa shape index (κ1) is 25.9. The first-order valence-corrected chi connectivity index (χ1v) is 14.6. The van der Waals surface area contributed by atoms with Crippen molar-refractivity contribution in [3.05, 3.63) is 35.4 Å². The van der Waals surface area contributed by atoms with Crippen LogP contribution in [-0.2, 0) is 9.53 Å². The summed E-state index contributed by atoms with van der Waals surface area (Å²) in [5.41, 5.74) is 1.36. The number of nitrogens with zero attached hydrogens (tertiary/aromatic N) is 1. The van der Waals surface area contributed by atoms with Crippen LogP contribution in [0.4, 0.5) is 0 Å². The highest BCUT2D eigenvalue weighted by atomic mass is 16.5. The molecule has 0 heterocycles. The highest BCUT2D eigenvalue weighted by Gasteiger charge is 2.59. The van der Waals surface area contributed by atoms with Crippen molar-refractivity contribution in [1.29, 1.82) is 5.26 Å². The van der Waals surface area contributed by atoms with Crippen molar-refractivity contribution in [2.45, 2.75) is 96.5 Å². The van der Waals surface area contributed by atoms with Crippen LogP contribution >= 0.6 is 0 Å². The maximum absolute atomic E-state index is 13.7. The van der Waals surface area contributed by atoms with Crippen LogP contribution < -0.4 is 0 Å². The lowest BCUT2D eigenvalue weighted by molar-refractivity contribution is -0.137. The number of fused-ring (bicyclic) bond motifs is 5. The van der Waals surface area contributed by atoms with Gasteiger partial charge in [-0.25, -0.2) is 0 Å². The fourth-order valence-corrected chi connectivity index (χ4v) is 9.36. The van der Waals surface area contributed by atoms with Crippen molar-refractivity contribution < 1.29 is 14.6 Å². The molecule has 196 valence electrons. The minimum atomic E-state index is -0.621. The van der Waals surface area contributed by atoms with Gasteiger partial charge in [0.15, 0.2) is 0 Å². The van der Waals surface area contributed by atoms with E-state index in [1.807, 2.05) is 31.2 Å². The Balaban J connectivity index is 1.23. The lowest BCUT2D eigenvalue weighted by Gasteiger charge is -2.57. The number of nitriles is 1. The van der Waals surface area contributed by atoms with Gasteiger partial charge in [0.25, 0.3) is 0 Å². The summed E-state index contributed by atoms with van der Waals surface area (Å²) in [4.78, 5) is 13.7. The zero-order valence-corrected chi connectivity index (χ0v) is 22.5. The minimum absolute atomic E-state index is 0.153. The molecule has 0 amide bonds. The van der Waals surface area contributed by atoms with Crippen molar-refractivity contribution in [1.82, 2.24) is 0 Å². The van der Waals surface area contributed by atoms with Gasteiger partial charge in [-0.05, 0) is 123 Å². The molecule has 9 atom stereocenters. The van der Waals surface area contributed by atoms with Crippen molar-refractivity contribution in [2.24, 2.45) is 40.9 Å². The van der Waals surface area contributed by atoms with Crippen molar-refractivity contribution in [3.63, 3.8) is 0 Å². The molecule has 4 aliphatic carbocycles. The number of carbonyl (C=O) groups excluding carboxylic acids is 1. The zero-order chi connectivity index (χ0) is 25.5. The molecule has 1 aromatic carbocycles. The predicted octanol–water partition coefficient (Wildman–Crippen LogP) is 6.66. The number of ketones is 1. The maximum atomic E-state index is 13.7. The second kappa shape index (κ2) is 10.2. The van der Waals surface area contributed by atoms with E-state index in [4.69, 9.17) is 10.00 Å². The summed E-state index contributed by atoms with van der Waals surface area (Å²) in [7, 11) is 0. The van der Waals surface area contributed by atoms with Gasteiger partial charge < -0.3 is 9.84 Å². The van der Waals surface area contributed by atoms with Gasteiger partial charge in [-0.15, -0.1) is 0 Å². The summed E-state index contributed by atoms with van der Waals surface area (Å²) in [6.45, 7) is 7.78. The molecule has 4 heteroatoms. The summed E-state index contributed by atoms with van der Waals surface area (Å²) < 4.78 is 5.64. The molecule has 0 spiro atoms. The number of hydrogen-bond acceptors (Lipinski definition) is 4. The second-order valence-corrected chi connectivity index (χ2v) is 13.0. The van der Waals surface area contributed by atoms with Gasteiger partial charge in [-0.3, -0.25) is 4.79 Å². The van der Waals surface area contributed by atoms with Crippen LogP contribution in [0.5, 0.6) is 0 Å². The van der Waals surface area contributed by atoms with Gasteiger partial charge in [0.2, 0.25) is 0 Å². The summed E-state index contributed by atoms with van der Waals surface area (Å²) in [5.74, 6) is 4.47. The fourth-order valence-electron chi connectivity index (χ4n) is 9.36. The van der Waals surface area contributed by atoms with Gasteiger partial charge in [0.05, 0.1) is 23.8 Å². The van der Waals surface area contributed by atoms with Crippen LogP contribution in [-0.4, -0.2) is 29.7 Å². The van der Waals surface area contributed by atoms with Crippen LogP contribution in [0.25, 0.3) is 0 Å². The van der Waals surface area contributed by atoms with E-state index in [0.29, 0.717) is 42.8 Å². The van der Waals surface area contributed by atoms with Gasteiger partial charge in [0.1, 0.15) is 5.78 Å². The maximum Gasteiger partial charge on any atom is 0.137 e. The molecular weight excluding hydrogens is 446 g/mol. The predicted molar refractivity (Wildman–Crippen MR) is 141 cm³/mol. The van der Waals surface area contributed by atoms with Crippen LogP contribution in [0.1, 0.15) is 102 Å². The van der Waals surface area contributed by atoms with Gasteiger partial charge >= 0.3 is 0 Å². The summed E-state index contributed by atoms with van der Waals surface area (Å²) in [6.07, 6.45) is 10.8. The Kier molecular flexibility index (Phi) is 7.36. The molecule has 0 aromatic heterocycles. The average molecular weight is 492 g/mol. The highest BCUT2D eigenvalue weighted by Crippen LogP contribution is 2.65. The Morgan fingerprint density at radius 1 is 1.08 bits per heavy atom. The van der Waals surface area contributed by atoms with Crippen molar-refractivity contribution in [2.75, 3.05) is 13.2 Å². The van der Waals surface area contributed by atoms with Gasteiger partial charge in [-0.2, -0.15) is 5.26 Å². The molecule has 0 unspecified atom stereocenters. The third-order valence-corrected chi connectivity index (χ3v) is 11.2. The van der Waals surface area contributed by atoms with E-state index in [2.05, 4.69) is 19.9 Å². The van der Waals surface area contributed by atoms with E-state index >= 15 is 0 Å². The van der Waals surface area contributed by atoms with E-state index in [0.717, 1.165) is 49.0 Å². The number of rotatable bonds is 7. The van der Waals surface area contributed by atoms with Crippen molar-refractivity contribution >= 4 is 5.78 Å². The largest absolute Gasteiger partial charge is 0.387 e. The van der Waals surface area contributed by atoms with E-state index in [1.165, 1.54) is 32.1 Å². The van der Waals surface area contributed by atoms with E-state index in [1.54, 1.807) is 0 Å². The zero-order valence-electron chi connectivity index (χ0n) is 22.5. The second-order valence-electron chi connectivity index (χ2n) is 13.0. The molecule has 0 bridgehead atoms. The van der Waals surface area contributed by atoms with Gasteiger partial charge in [-0.1, -0.05) is 26.0 Å². The number of ether oxygens (including phenoxy) is 1. The number of Topliss-reactive ketones (excluding diaryl/α,β-unsaturated/α-hetero) is 1. The van der Waals surface area contributed by atoms with Crippen LogP contribution in [0, 0.1) is 52.3 Å². The molecule has 4 nitrogen and oxygen atoms in total. The molecule has 5 rings (SSSR count). The molecule has 0 aliphatic heterocycles. The Bertz CT molecular complexity index is 982. The third-order valence-electron chi connectivity index (χ3n) is 11.2. The first-order valence-electron chi connectivity index (χ1n) is 14.6. The molecule has 1 N–H and O–H groups in total. The Hall–Kier alpha value is -1.70. The summed E-state index contributed by atoms with van der Waals surface area (Å²) >= 11 is 0. The van der Waals surface area contributed by atoms with Crippen LogP contribution in [0.15, 0.2) is 24.3 Å². The molecule has 0 saturated heterocycles. The quantitative estimate of drug-likeness (QED) is 0.463. The number of hydrogen-bond donors (Lipinski definition) is 1. The van der Waals surface area contributed by atoms with Crippen LogP contribution in [0.3, 0.4) is 0 Å². The first-order chi connectivity index (χ1) is 17.3. The minimum Gasteiger partial charge on any atom is -0.387 e. The standard InChI is InChI=1S/C32H45NO3/c1-4-36-20-32(35)16-14-25-24(18-32)9-10-27-26(25)13-15-31(3)28(27)11-12-29(31)30(34)17-21(2)23-7-5-22(19-33)6-8-23/h5-8,21,24-29,35H,4,9-18,20H2,1-3H3/t21-,24+,25-,26+,27+,28-,29+,31-,32+/m0/s1. The van der Waals surface area contributed by atoms with Crippen LogP contribution in [0.2, 0.25) is 0 Å². The lowest BCUT2D eigenvalue weighted by Crippen LogP contribution is -2.52. The van der Waals surface area contributed by atoms with Gasteiger partial charge in [0, 0.05) is 18.9 Å². The van der Waals surface area contributed by atoms with E-state index < -0.39 is 5.60 Å². The fraction of sp³-hybridized carbons (Fsp3) is 0.750. The summed E-state index contributed by atoms with van der Waals surface area (Å²) in [5, 5.41) is 20.2. The molecule has 4 aliphatic rings. The molecule has 4 fully saturated rings. The molecule has 0 radical (unpaired) electrons. The topological polar surface area (TPSA) is 70.3 Å². The number of benzene rings is 1. The smallest absolute Gasteiger partial charge is 0.137 e. The molecule has 1 aromatic rings. The monoisotopic (exact) mass is 491 g/mol. The third kappa shape index (κ3) is 4.67. The van der Waals surface area contributed by atoms with E-state index in [9.17, 15) is 9.90 Å². The highest BCUT2D eigenvalue weighted by molar-refractivity contribution is 5.83. The molecule has 4 saturated carbocycles. The van der Waals surface area contributed by atoms with E-state index in [-0.39, 0.29) is 17.3 Å². The molecular formula is C32H45NO3. The normalized spacial score (nSPS) is 40.4. The Labute approximate surface area is 217 Å². The number of carbonyl (C=O) groups is 1. The lowest BCUT2D eigenvalue weighted by atomic mass is 9.48. The Morgan fingerprint density at radius 3 is 2.56 bits per heavy atom. The average Bonchev–Trinajstić information content (AvgIpc) is 3.24. The number of aliphatic hydroxyl groups is 1. The van der Waals surface area contributed by atoms with Crippen molar-refractivity contribution in [3.8, 4) is 6.07 Å². The molecule has 36 heavy (non-hydrogen) atoms. The Morgan fingerprint density at radius 2 is 1.83 bits per heavy atom. The SMILES string of the molecule is CCOC[C@@]1(O)CC[C@H]2[C@H](CC[C@@H]3[C@@H]2CC[C@]2(C)[C@@H](C(=O)C[C@H](C)c4ccc(C#N)cc4)CC[C@@H]32)C1. The summed E-state index contributed by atoms with van der Waals surface area (Å²) in [6, 6.07) is 9.94.